The van der Waals surface area contributed by atoms with Crippen LogP contribution in [0.4, 0.5) is 0 Å². The van der Waals surface area contributed by atoms with Crippen molar-refractivity contribution in [2.45, 2.75) is 19.6 Å². The van der Waals surface area contributed by atoms with E-state index >= 15 is 0 Å². The highest BCUT2D eigenvalue weighted by atomic mass is 16.6. The van der Waals surface area contributed by atoms with Crippen LogP contribution in [0.1, 0.15) is 34.5 Å². The number of carbonyl (C=O) groups is 1. The van der Waals surface area contributed by atoms with Crippen LogP contribution in [0, 0.1) is 0 Å². The summed E-state index contributed by atoms with van der Waals surface area (Å²) in [7, 11) is 1.64. The molecule has 0 radical (unpaired) electrons. The first-order valence-corrected chi connectivity index (χ1v) is 7.95. The highest BCUT2D eigenvalue weighted by Crippen LogP contribution is 2.32. The zero-order chi connectivity index (χ0) is 16.9. The van der Waals surface area contributed by atoms with Gasteiger partial charge in [-0.05, 0) is 42.3 Å². The standard InChI is InChI=1S/C19H21NO4/c1-13(15-6-7-17-18(11-15)24-9-8-23-17)20-19(21)16-5-3-4-14(10-16)12-22-2/h3-7,10-11,13H,8-9,12H2,1-2H3,(H,20,21). The van der Waals surface area contributed by atoms with Gasteiger partial charge in [-0.25, -0.2) is 0 Å². The Kier molecular flexibility index (Phi) is 5.01. The lowest BCUT2D eigenvalue weighted by atomic mass is 10.1. The molecule has 1 amide bonds. The van der Waals surface area contributed by atoms with E-state index < -0.39 is 0 Å². The quantitative estimate of drug-likeness (QED) is 0.917. The number of ether oxygens (including phenoxy) is 3. The van der Waals surface area contributed by atoms with Crippen molar-refractivity contribution in [3.63, 3.8) is 0 Å². The van der Waals surface area contributed by atoms with Gasteiger partial charge in [0.15, 0.2) is 11.5 Å². The van der Waals surface area contributed by atoms with Crippen LogP contribution in [-0.4, -0.2) is 26.2 Å². The molecule has 1 N–H and O–H groups in total. The van der Waals surface area contributed by atoms with Gasteiger partial charge in [0, 0.05) is 12.7 Å². The zero-order valence-electron chi connectivity index (χ0n) is 13.9. The average molecular weight is 327 g/mol. The second-order valence-electron chi connectivity index (χ2n) is 5.73. The number of benzene rings is 2. The second kappa shape index (κ2) is 7.36. The Morgan fingerprint density at radius 3 is 2.75 bits per heavy atom. The Morgan fingerprint density at radius 1 is 1.17 bits per heavy atom. The summed E-state index contributed by atoms with van der Waals surface area (Å²) in [6.45, 7) is 3.54. The molecule has 0 saturated heterocycles. The van der Waals surface area contributed by atoms with E-state index in [2.05, 4.69) is 5.32 Å². The first kappa shape index (κ1) is 16.3. The predicted molar refractivity (Wildman–Crippen MR) is 90.5 cm³/mol. The molecule has 24 heavy (non-hydrogen) atoms. The Bertz CT molecular complexity index is 729. The van der Waals surface area contributed by atoms with Crippen molar-refractivity contribution in [1.29, 1.82) is 0 Å². The maximum atomic E-state index is 12.5. The molecule has 0 aliphatic carbocycles. The summed E-state index contributed by atoms with van der Waals surface area (Å²) in [4.78, 5) is 12.5. The monoisotopic (exact) mass is 327 g/mol. The van der Waals surface area contributed by atoms with Crippen molar-refractivity contribution >= 4 is 5.91 Å². The van der Waals surface area contributed by atoms with Gasteiger partial charge in [0.2, 0.25) is 0 Å². The van der Waals surface area contributed by atoms with E-state index in [4.69, 9.17) is 14.2 Å². The van der Waals surface area contributed by atoms with Gasteiger partial charge in [-0.15, -0.1) is 0 Å². The van der Waals surface area contributed by atoms with E-state index in [0.717, 1.165) is 22.6 Å². The van der Waals surface area contributed by atoms with Gasteiger partial charge >= 0.3 is 0 Å². The lowest BCUT2D eigenvalue weighted by molar-refractivity contribution is 0.0939. The van der Waals surface area contributed by atoms with Crippen LogP contribution < -0.4 is 14.8 Å². The van der Waals surface area contributed by atoms with Crippen molar-refractivity contribution < 1.29 is 19.0 Å². The van der Waals surface area contributed by atoms with Gasteiger partial charge in [-0.1, -0.05) is 18.2 Å². The first-order valence-electron chi connectivity index (χ1n) is 7.95. The first-order chi connectivity index (χ1) is 11.7. The van der Waals surface area contributed by atoms with Crippen molar-refractivity contribution in [2.75, 3.05) is 20.3 Å². The molecular formula is C19H21NO4. The minimum Gasteiger partial charge on any atom is -0.486 e. The van der Waals surface area contributed by atoms with Gasteiger partial charge in [-0.3, -0.25) is 4.79 Å². The number of nitrogens with one attached hydrogen (secondary N) is 1. The van der Waals surface area contributed by atoms with Crippen molar-refractivity contribution in [2.24, 2.45) is 0 Å². The van der Waals surface area contributed by atoms with Crippen LogP contribution in [-0.2, 0) is 11.3 Å². The molecule has 0 fully saturated rings. The number of carbonyl (C=O) groups excluding carboxylic acids is 1. The lowest BCUT2D eigenvalue weighted by Gasteiger charge is -2.21. The van der Waals surface area contributed by atoms with Gasteiger partial charge < -0.3 is 19.5 Å². The number of amides is 1. The number of hydrogen-bond acceptors (Lipinski definition) is 4. The summed E-state index contributed by atoms with van der Waals surface area (Å²) < 4.78 is 16.2. The fourth-order valence-electron chi connectivity index (χ4n) is 2.66. The molecular weight excluding hydrogens is 306 g/mol. The third-order valence-corrected chi connectivity index (χ3v) is 3.91. The third kappa shape index (κ3) is 3.68. The third-order valence-electron chi connectivity index (χ3n) is 3.91. The molecule has 0 spiro atoms. The molecule has 0 bridgehead atoms. The fourth-order valence-corrected chi connectivity index (χ4v) is 2.66. The maximum Gasteiger partial charge on any atom is 0.251 e. The lowest BCUT2D eigenvalue weighted by Crippen LogP contribution is -2.27. The molecule has 1 aliphatic heterocycles. The highest BCUT2D eigenvalue weighted by Gasteiger charge is 2.16. The minimum absolute atomic E-state index is 0.115. The molecule has 0 saturated carbocycles. The summed E-state index contributed by atoms with van der Waals surface area (Å²) in [5, 5.41) is 3.01. The molecule has 1 aliphatic rings. The molecule has 1 unspecified atom stereocenters. The molecule has 126 valence electrons. The van der Waals surface area contributed by atoms with E-state index in [1.165, 1.54) is 0 Å². The van der Waals surface area contributed by atoms with Gasteiger partial charge in [0.1, 0.15) is 13.2 Å². The number of fused-ring (bicyclic) bond motifs is 1. The molecule has 5 nitrogen and oxygen atoms in total. The van der Waals surface area contributed by atoms with E-state index in [1.807, 2.05) is 43.3 Å². The topological polar surface area (TPSA) is 56.8 Å². The predicted octanol–water partition coefficient (Wildman–Crippen LogP) is 3.10. The van der Waals surface area contributed by atoms with Gasteiger partial charge in [0.25, 0.3) is 5.91 Å². The molecule has 5 heteroatoms. The largest absolute Gasteiger partial charge is 0.486 e. The van der Waals surface area contributed by atoms with Crippen LogP contribution in [0.5, 0.6) is 11.5 Å². The highest BCUT2D eigenvalue weighted by molar-refractivity contribution is 5.94. The Morgan fingerprint density at radius 2 is 1.96 bits per heavy atom. The molecule has 0 aromatic heterocycles. The van der Waals surface area contributed by atoms with Crippen LogP contribution in [0.15, 0.2) is 42.5 Å². The molecule has 1 heterocycles. The van der Waals surface area contributed by atoms with Crippen molar-refractivity contribution in [1.82, 2.24) is 5.32 Å². The SMILES string of the molecule is COCc1cccc(C(=O)NC(C)c2ccc3c(c2)OCCO3)c1. The summed E-state index contributed by atoms with van der Waals surface area (Å²) in [5.41, 5.74) is 2.56. The maximum absolute atomic E-state index is 12.5. The summed E-state index contributed by atoms with van der Waals surface area (Å²) >= 11 is 0. The summed E-state index contributed by atoms with van der Waals surface area (Å²) in [6, 6.07) is 13.0. The fraction of sp³-hybridized carbons (Fsp3) is 0.316. The van der Waals surface area contributed by atoms with Crippen LogP contribution in [0.3, 0.4) is 0 Å². The number of rotatable bonds is 5. The van der Waals surface area contributed by atoms with Crippen LogP contribution in [0.25, 0.3) is 0 Å². The van der Waals surface area contributed by atoms with E-state index in [-0.39, 0.29) is 11.9 Å². The number of methoxy groups -OCH3 is 1. The van der Waals surface area contributed by atoms with E-state index in [1.54, 1.807) is 13.2 Å². The van der Waals surface area contributed by atoms with Crippen molar-refractivity contribution in [3.8, 4) is 11.5 Å². The van der Waals surface area contributed by atoms with E-state index in [0.29, 0.717) is 25.4 Å². The van der Waals surface area contributed by atoms with Gasteiger partial charge in [0.05, 0.1) is 12.6 Å². The normalized spacial score (nSPS) is 14.1. The number of hydrogen-bond donors (Lipinski definition) is 1. The van der Waals surface area contributed by atoms with Crippen molar-refractivity contribution in [3.05, 3.63) is 59.2 Å². The molecule has 2 aromatic carbocycles. The Balaban J connectivity index is 1.71. The van der Waals surface area contributed by atoms with E-state index in [9.17, 15) is 4.79 Å². The summed E-state index contributed by atoms with van der Waals surface area (Å²) in [6.07, 6.45) is 0. The smallest absolute Gasteiger partial charge is 0.251 e. The van der Waals surface area contributed by atoms with Crippen LogP contribution >= 0.6 is 0 Å². The minimum atomic E-state index is -0.139. The summed E-state index contributed by atoms with van der Waals surface area (Å²) in [5.74, 6) is 1.35. The Labute approximate surface area is 141 Å². The van der Waals surface area contributed by atoms with Gasteiger partial charge in [-0.2, -0.15) is 0 Å². The Hall–Kier alpha value is -2.53. The molecule has 1 atom stereocenters. The second-order valence-corrected chi connectivity index (χ2v) is 5.73. The zero-order valence-corrected chi connectivity index (χ0v) is 13.9. The average Bonchev–Trinajstić information content (AvgIpc) is 2.61. The molecule has 3 rings (SSSR count). The van der Waals surface area contributed by atoms with Crippen LogP contribution in [0.2, 0.25) is 0 Å². The molecule has 2 aromatic rings.